The van der Waals surface area contributed by atoms with Crippen molar-refractivity contribution in [3.63, 3.8) is 0 Å². The summed E-state index contributed by atoms with van der Waals surface area (Å²) in [4.78, 5) is 2.61. The van der Waals surface area contributed by atoms with Gasteiger partial charge in [0.05, 0.1) is 0 Å². The van der Waals surface area contributed by atoms with Crippen LogP contribution in [0.4, 0.5) is 0 Å². The smallest absolute Gasteiger partial charge is 0.00926 e. The summed E-state index contributed by atoms with van der Waals surface area (Å²) in [7, 11) is 2.33. The van der Waals surface area contributed by atoms with E-state index in [-0.39, 0.29) is 0 Å². The number of hydrogen-bond donors (Lipinski definition) is 1. The zero-order chi connectivity index (χ0) is 13.4. The van der Waals surface area contributed by atoms with E-state index in [2.05, 4.69) is 38.0 Å². The van der Waals surface area contributed by atoms with Gasteiger partial charge >= 0.3 is 0 Å². The largest absolute Gasteiger partial charge is 0.317 e. The van der Waals surface area contributed by atoms with Crippen molar-refractivity contribution in [3.05, 3.63) is 0 Å². The lowest BCUT2D eigenvalue weighted by Crippen LogP contribution is -2.37. The quantitative estimate of drug-likeness (QED) is 0.665. The third-order valence-electron chi connectivity index (χ3n) is 4.55. The highest BCUT2D eigenvalue weighted by Crippen LogP contribution is 2.36. The maximum atomic E-state index is 3.40. The number of unbranched alkanes of at least 4 members (excludes halogenated alkanes) is 2. The summed E-state index contributed by atoms with van der Waals surface area (Å²) in [5.74, 6) is 0. The van der Waals surface area contributed by atoms with Gasteiger partial charge in [0.1, 0.15) is 0 Å². The number of nitrogens with zero attached hydrogens (tertiary/aromatic N) is 1. The van der Waals surface area contributed by atoms with Gasteiger partial charge in [-0.15, -0.1) is 0 Å². The van der Waals surface area contributed by atoms with Crippen LogP contribution >= 0.6 is 0 Å². The summed E-state index contributed by atoms with van der Waals surface area (Å²) < 4.78 is 0. The summed E-state index contributed by atoms with van der Waals surface area (Å²) in [5.41, 5.74) is 0.600. The van der Waals surface area contributed by atoms with E-state index in [1.807, 2.05) is 0 Å². The van der Waals surface area contributed by atoms with Crippen LogP contribution < -0.4 is 5.32 Å². The van der Waals surface area contributed by atoms with Crippen LogP contribution in [0, 0.1) is 5.41 Å². The summed E-state index contributed by atoms with van der Waals surface area (Å²) in [6, 6.07) is 0.854. The Bertz CT molecular complexity index is 203. The highest BCUT2D eigenvalue weighted by molar-refractivity contribution is 4.82. The van der Waals surface area contributed by atoms with E-state index in [0.717, 1.165) is 12.6 Å². The van der Waals surface area contributed by atoms with Crippen molar-refractivity contribution in [1.82, 2.24) is 10.2 Å². The van der Waals surface area contributed by atoms with Gasteiger partial charge in [0.25, 0.3) is 0 Å². The van der Waals surface area contributed by atoms with Crippen LogP contribution in [0.2, 0.25) is 0 Å². The molecule has 108 valence electrons. The van der Waals surface area contributed by atoms with Gasteiger partial charge in [-0.05, 0) is 70.6 Å². The summed E-state index contributed by atoms with van der Waals surface area (Å²) >= 11 is 0. The Morgan fingerprint density at radius 1 is 1.11 bits per heavy atom. The highest BCUT2D eigenvalue weighted by atomic mass is 15.1. The van der Waals surface area contributed by atoms with Crippen molar-refractivity contribution in [2.24, 2.45) is 5.41 Å². The molecule has 1 aliphatic carbocycles. The lowest BCUT2D eigenvalue weighted by atomic mass is 9.75. The second kappa shape index (κ2) is 8.16. The molecule has 0 atom stereocenters. The van der Waals surface area contributed by atoms with Gasteiger partial charge in [-0.2, -0.15) is 0 Å². The fraction of sp³-hybridized carbons (Fsp3) is 1.00. The van der Waals surface area contributed by atoms with Crippen molar-refractivity contribution in [2.45, 2.75) is 71.8 Å². The molecule has 2 heteroatoms. The normalized spacial score (nSPS) is 20.5. The predicted octanol–water partition coefficient (Wildman–Crippen LogP) is 3.67. The molecule has 0 spiro atoms. The van der Waals surface area contributed by atoms with E-state index in [4.69, 9.17) is 0 Å². The summed E-state index contributed by atoms with van der Waals surface area (Å²) in [6.45, 7) is 10.6. The zero-order valence-corrected chi connectivity index (χ0v) is 13.1. The Morgan fingerprint density at radius 3 is 2.39 bits per heavy atom. The first-order valence-electron chi connectivity index (χ1n) is 7.96. The molecule has 18 heavy (non-hydrogen) atoms. The molecule has 1 aliphatic rings. The molecule has 0 heterocycles. The second-order valence-corrected chi connectivity index (χ2v) is 6.79. The van der Waals surface area contributed by atoms with Crippen LogP contribution in [-0.4, -0.2) is 37.6 Å². The molecule has 0 unspecified atom stereocenters. The Balaban J connectivity index is 2.05. The fourth-order valence-corrected chi connectivity index (χ4v) is 2.97. The van der Waals surface area contributed by atoms with Gasteiger partial charge < -0.3 is 10.2 Å². The monoisotopic (exact) mass is 254 g/mol. The molecule has 0 aliphatic heterocycles. The number of hydrogen-bond acceptors (Lipinski definition) is 2. The van der Waals surface area contributed by atoms with Crippen molar-refractivity contribution in [2.75, 3.05) is 26.7 Å². The van der Waals surface area contributed by atoms with Crippen LogP contribution in [0.1, 0.15) is 65.7 Å². The van der Waals surface area contributed by atoms with Crippen LogP contribution in [0.15, 0.2) is 0 Å². The molecule has 0 aromatic heterocycles. The lowest BCUT2D eigenvalue weighted by Gasteiger charge is -2.38. The van der Waals surface area contributed by atoms with Crippen LogP contribution in [0.5, 0.6) is 0 Å². The highest BCUT2D eigenvalue weighted by Gasteiger charge is 2.28. The third kappa shape index (κ3) is 6.19. The third-order valence-corrected chi connectivity index (χ3v) is 4.55. The minimum Gasteiger partial charge on any atom is -0.317 e. The van der Waals surface area contributed by atoms with E-state index in [1.165, 1.54) is 58.0 Å². The molecule has 1 N–H and O–H groups in total. The summed E-state index contributed by atoms with van der Waals surface area (Å²) in [5, 5.41) is 3.40. The molecule has 1 fully saturated rings. The van der Waals surface area contributed by atoms with Gasteiger partial charge in [-0.3, -0.25) is 0 Å². The minimum absolute atomic E-state index is 0.600. The SMILES string of the molecule is CCNCCCCCN(C)C1CCC(C)(C)CC1. The molecule has 0 radical (unpaired) electrons. The Morgan fingerprint density at radius 2 is 1.78 bits per heavy atom. The molecule has 1 rings (SSSR count). The lowest BCUT2D eigenvalue weighted by molar-refractivity contribution is 0.126. The van der Waals surface area contributed by atoms with Crippen LogP contribution in [-0.2, 0) is 0 Å². The van der Waals surface area contributed by atoms with E-state index < -0.39 is 0 Å². The van der Waals surface area contributed by atoms with E-state index in [9.17, 15) is 0 Å². The standard InChI is InChI=1S/C16H34N2/c1-5-17-13-7-6-8-14-18(4)15-9-11-16(2,3)12-10-15/h15,17H,5-14H2,1-4H3. The van der Waals surface area contributed by atoms with Gasteiger partial charge in [-0.1, -0.05) is 27.2 Å². The van der Waals surface area contributed by atoms with Crippen molar-refractivity contribution in [1.29, 1.82) is 0 Å². The molecule has 0 bridgehead atoms. The van der Waals surface area contributed by atoms with Gasteiger partial charge in [0.2, 0.25) is 0 Å². The Labute approximate surface area is 115 Å². The molecule has 2 nitrogen and oxygen atoms in total. The van der Waals surface area contributed by atoms with Crippen LogP contribution in [0.25, 0.3) is 0 Å². The van der Waals surface area contributed by atoms with Crippen molar-refractivity contribution in [3.8, 4) is 0 Å². The molecule has 0 saturated heterocycles. The van der Waals surface area contributed by atoms with Gasteiger partial charge in [0.15, 0.2) is 0 Å². The average Bonchev–Trinajstić information content (AvgIpc) is 2.33. The van der Waals surface area contributed by atoms with Crippen molar-refractivity contribution < 1.29 is 0 Å². The molecule has 1 saturated carbocycles. The maximum Gasteiger partial charge on any atom is 0.00926 e. The molecule has 0 aromatic rings. The number of nitrogens with one attached hydrogen (secondary N) is 1. The molecule has 0 aromatic carbocycles. The first-order chi connectivity index (χ1) is 8.55. The zero-order valence-electron chi connectivity index (χ0n) is 13.1. The maximum absolute atomic E-state index is 3.40. The second-order valence-electron chi connectivity index (χ2n) is 6.79. The Kier molecular flexibility index (Phi) is 7.25. The predicted molar refractivity (Wildman–Crippen MR) is 81.1 cm³/mol. The van der Waals surface area contributed by atoms with E-state index in [1.54, 1.807) is 0 Å². The van der Waals surface area contributed by atoms with Crippen LogP contribution in [0.3, 0.4) is 0 Å². The van der Waals surface area contributed by atoms with Gasteiger partial charge in [-0.25, -0.2) is 0 Å². The van der Waals surface area contributed by atoms with Gasteiger partial charge in [0, 0.05) is 6.04 Å². The minimum atomic E-state index is 0.600. The van der Waals surface area contributed by atoms with Crippen molar-refractivity contribution >= 4 is 0 Å². The topological polar surface area (TPSA) is 15.3 Å². The molecular weight excluding hydrogens is 220 g/mol. The first-order valence-corrected chi connectivity index (χ1v) is 7.96. The average molecular weight is 254 g/mol. The first kappa shape index (κ1) is 16.0. The number of rotatable bonds is 8. The Hall–Kier alpha value is -0.0800. The van der Waals surface area contributed by atoms with E-state index >= 15 is 0 Å². The van der Waals surface area contributed by atoms with E-state index in [0.29, 0.717) is 5.41 Å². The fourth-order valence-electron chi connectivity index (χ4n) is 2.97. The summed E-state index contributed by atoms with van der Waals surface area (Å²) in [6.07, 6.45) is 9.68. The molecular formula is C16H34N2. The molecule has 0 amide bonds.